The predicted molar refractivity (Wildman–Crippen MR) is 122 cm³/mol. The molecule has 3 aromatic rings. The fourth-order valence-corrected chi connectivity index (χ4v) is 4.19. The van der Waals surface area contributed by atoms with E-state index in [1.54, 1.807) is 41.6 Å². The Morgan fingerprint density at radius 2 is 1.77 bits per heavy atom. The highest BCUT2D eigenvalue weighted by Gasteiger charge is 2.43. The highest BCUT2D eigenvalue weighted by Crippen LogP contribution is 2.37. The lowest BCUT2D eigenvalue weighted by molar-refractivity contribution is -0.274. The van der Waals surface area contributed by atoms with Crippen LogP contribution in [0.4, 0.5) is 13.2 Å². The number of benzene rings is 2. The van der Waals surface area contributed by atoms with Gasteiger partial charge in [0.1, 0.15) is 11.8 Å². The van der Waals surface area contributed by atoms with E-state index in [2.05, 4.69) is 15.0 Å². The summed E-state index contributed by atoms with van der Waals surface area (Å²) in [6, 6.07) is 15.2. The van der Waals surface area contributed by atoms with Crippen molar-refractivity contribution in [1.29, 1.82) is 0 Å². The van der Waals surface area contributed by atoms with Crippen molar-refractivity contribution in [2.75, 3.05) is 6.54 Å². The molecule has 0 saturated heterocycles. The first-order chi connectivity index (χ1) is 16.5. The molecule has 182 valence electrons. The summed E-state index contributed by atoms with van der Waals surface area (Å²) in [7, 11) is 0. The van der Waals surface area contributed by atoms with E-state index in [1.807, 2.05) is 26.0 Å². The number of alkyl halides is 3. The molecule has 2 amide bonds. The molecule has 9 heteroatoms. The van der Waals surface area contributed by atoms with Gasteiger partial charge in [0.15, 0.2) is 0 Å². The first kappa shape index (κ1) is 24.3. The van der Waals surface area contributed by atoms with Gasteiger partial charge in [-0.2, -0.15) is 0 Å². The van der Waals surface area contributed by atoms with Crippen LogP contribution in [-0.4, -0.2) is 34.6 Å². The van der Waals surface area contributed by atoms with Crippen molar-refractivity contribution in [2.24, 2.45) is 0 Å². The Morgan fingerprint density at radius 3 is 2.43 bits per heavy atom. The molecule has 0 radical (unpaired) electrons. The Bertz CT molecular complexity index is 1210. The van der Waals surface area contributed by atoms with Gasteiger partial charge in [-0.3, -0.25) is 14.6 Å². The third kappa shape index (κ3) is 5.45. The van der Waals surface area contributed by atoms with Gasteiger partial charge in [-0.15, -0.1) is 13.2 Å². The average Bonchev–Trinajstić information content (AvgIpc) is 3.09. The first-order valence-corrected chi connectivity index (χ1v) is 11.0. The van der Waals surface area contributed by atoms with Crippen LogP contribution >= 0.6 is 0 Å². The SMILES string of the molecule is CC(C)(CN1C(=O)c2ccccc2C1C(=O)NCc1ccc(OC(F)(F)F)cc1)c1cccnc1. The number of nitrogens with zero attached hydrogens (tertiary/aromatic N) is 2. The van der Waals surface area contributed by atoms with E-state index < -0.39 is 17.8 Å². The molecule has 1 unspecified atom stereocenters. The number of nitrogens with one attached hydrogen (secondary N) is 1. The maximum atomic E-state index is 13.3. The number of fused-ring (bicyclic) bond motifs is 1. The smallest absolute Gasteiger partial charge is 0.406 e. The molecular weight excluding hydrogens is 459 g/mol. The van der Waals surface area contributed by atoms with Gasteiger partial charge in [-0.1, -0.05) is 50.2 Å². The third-order valence-electron chi connectivity index (χ3n) is 5.94. The van der Waals surface area contributed by atoms with E-state index in [-0.39, 0.29) is 30.7 Å². The van der Waals surface area contributed by atoms with Crippen LogP contribution in [0.5, 0.6) is 5.75 Å². The van der Waals surface area contributed by atoms with Gasteiger partial charge in [0.2, 0.25) is 5.91 Å². The quantitative estimate of drug-likeness (QED) is 0.526. The molecule has 0 bridgehead atoms. The van der Waals surface area contributed by atoms with Crippen molar-refractivity contribution in [1.82, 2.24) is 15.2 Å². The van der Waals surface area contributed by atoms with Crippen LogP contribution in [-0.2, 0) is 16.8 Å². The summed E-state index contributed by atoms with van der Waals surface area (Å²) in [5.41, 5.74) is 2.14. The summed E-state index contributed by atoms with van der Waals surface area (Å²) in [4.78, 5) is 32.3. The molecule has 4 rings (SSSR count). The lowest BCUT2D eigenvalue weighted by Gasteiger charge is -2.33. The summed E-state index contributed by atoms with van der Waals surface area (Å²) in [5, 5.41) is 2.82. The van der Waals surface area contributed by atoms with E-state index in [4.69, 9.17) is 0 Å². The van der Waals surface area contributed by atoms with Crippen LogP contribution in [0.25, 0.3) is 0 Å². The Morgan fingerprint density at radius 1 is 1.06 bits per heavy atom. The number of halogens is 3. The molecule has 0 saturated carbocycles. The number of ether oxygens (including phenoxy) is 1. The second kappa shape index (κ2) is 9.40. The Hall–Kier alpha value is -3.88. The number of carbonyl (C=O) groups excluding carboxylic acids is 2. The van der Waals surface area contributed by atoms with Gasteiger partial charge in [0, 0.05) is 36.5 Å². The largest absolute Gasteiger partial charge is 0.573 e. The molecular formula is C26H24F3N3O3. The van der Waals surface area contributed by atoms with Gasteiger partial charge in [0.25, 0.3) is 5.91 Å². The number of carbonyl (C=O) groups is 2. The maximum absolute atomic E-state index is 13.3. The summed E-state index contributed by atoms with van der Waals surface area (Å²) in [5.74, 6) is -0.945. The van der Waals surface area contributed by atoms with E-state index in [0.717, 1.165) is 5.56 Å². The predicted octanol–water partition coefficient (Wildman–Crippen LogP) is 4.77. The lowest BCUT2D eigenvalue weighted by atomic mass is 9.85. The fraction of sp³-hybridized carbons (Fsp3) is 0.269. The first-order valence-electron chi connectivity index (χ1n) is 11.0. The Kier molecular flexibility index (Phi) is 6.51. The van der Waals surface area contributed by atoms with Crippen molar-refractivity contribution in [3.63, 3.8) is 0 Å². The van der Waals surface area contributed by atoms with Crippen molar-refractivity contribution in [2.45, 2.75) is 38.2 Å². The topological polar surface area (TPSA) is 71.5 Å². The van der Waals surface area contributed by atoms with Crippen molar-refractivity contribution in [3.05, 3.63) is 95.3 Å². The zero-order chi connectivity index (χ0) is 25.2. The standard InChI is InChI=1S/C26H24F3N3O3/c1-25(2,18-6-5-13-30-15-18)16-32-22(20-7-3-4-8-21(20)24(32)34)23(33)31-14-17-9-11-19(12-10-17)35-26(27,28)29/h3-13,15,22H,14,16H2,1-2H3,(H,31,33). The van der Waals surface area contributed by atoms with Crippen LogP contribution in [0.1, 0.15) is 46.9 Å². The molecule has 0 aliphatic carbocycles. The number of rotatable bonds is 7. The minimum atomic E-state index is -4.77. The Labute approximate surface area is 200 Å². The number of hydrogen-bond donors (Lipinski definition) is 1. The molecule has 35 heavy (non-hydrogen) atoms. The fourth-order valence-electron chi connectivity index (χ4n) is 4.19. The summed E-state index contributed by atoms with van der Waals surface area (Å²) >= 11 is 0. The van der Waals surface area contributed by atoms with Crippen LogP contribution < -0.4 is 10.1 Å². The number of aromatic nitrogens is 1. The van der Waals surface area contributed by atoms with Crippen LogP contribution in [0.3, 0.4) is 0 Å². The van der Waals surface area contributed by atoms with Crippen molar-refractivity contribution >= 4 is 11.8 Å². The second-order valence-corrected chi connectivity index (χ2v) is 8.96. The molecule has 2 heterocycles. The second-order valence-electron chi connectivity index (χ2n) is 8.96. The van der Waals surface area contributed by atoms with Crippen LogP contribution in [0.15, 0.2) is 73.1 Å². The maximum Gasteiger partial charge on any atom is 0.573 e. The minimum absolute atomic E-state index is 0.0812. The third-order valence-corrected chi connectivity index (χ3v) is 5.94. The highest BCUT2D eigenvalue weighted by atomic mass is 19.4. The molecule has 0 fully saturated rings. The van der Waals surface area contributed by atoms with Crippen molar-refractivity contribution < 1.29 is 27.5 Å². The van der Waals surface area contributed by atoms with Gasteiger partial charge >= 0.3 is 6.36 Å². The van der Waals surface area contributed by atoms with Gasteiger partial charge in [-0.25, -0.2) is 0 Å². The van der Waals surface area contributed by atoms with E-state index in [9.17, 15) is 22.8 Å². The monoisotopic (exact) mass is 483 g/mol. The van der Waals surface area contributed by atoms with Crippen LogP contribution in [0, 0.1) is 0 Å². The normalized spacial score (nSPS) is 15.6. The van der Waals surface area contributed by atoms with E-state index >= 15 is 0 Å². The summed E-state index contributed by atoms with van der Waals surface area (Å²) in [6.45, 7) is 4.34. The van der Waals surface area contributed by atoms with Crippen molar-refractivity contribution in [3.8, 4) is 5.75 Å². The zero-order valence-corrected chi connectivity index (χ0v) is 19.2. The van der Waals surface area contributed by atoms with E-state index in [0.29, 0.717) is 16.7 Å². The van der Waals surface area contributed by atoms with Gasteiger partial charge in [0.05, 0.1) is 0 Å². The molecule has 6 nitrogen and oxygen atoms in total. The van der Waals surface area contributed by atoms with E-state index in [1.165, 1.54) is 24.3 Å². The molecule has 1 aliphatic heterocycles. The number of hydrogen-bond acceptors (Lipinski definition) is 4. The molecule has 1 aliphatic rings. The Balaban J connectivity index is 1.52. The van der Waals surface area contributed by atoms with Crippen LogP contribution in [0.2, 0.25) is 0 Å². The number of amides is 2. The molecule has 1 N–H and O–H groups in total. The lowest BCUT2D eigenvalue weighted by Crippen LogP contribution is -2.44. The minimum Gasteiger partial charge on any atom is -0.406 e. The summed E-state index contributed by atoms with van der Waals surface area (Å²) < 4.78 is 41.0. The summed E-state index contributed by atoms with van der Waals surface area (Å²) in [6.07, 6.45) is -1.35. The molecule has 0 spiro atoms. The highest BCUT2D eigenvalue weighted by molar-refractivity contribution is 6.04. The molecule has 2 aromatic carbocycles. The zero-order valence-electron chi connectivity index (χ0n) is 19.2. The number of pyridine rings is 1. The molecule has 1 aromatic heterocycles. The van der Waals surface area contributed by atoms with Gasteiger partial charge in [-0.05, 0) is 41.0 Å². The molecule has 1 atom stereocenters. The average molecular weight is 483 g/mol. The van der Waals surface area contributed by atoms with Gasteiger partial charge < -0.3 is 15.0 Å².